The summed E-state index contributed by atoms with van der Waals surface area (Å²) in [5.41, 5.74) is 3.01. The Bertz CT molecular complexity index is 698. The van der Waals surface area contributed by atoms with Crippen LogP contribution in [-0.2, 0) is 11.2 Å². The predicted octanol–water partition coefficient (Wildman–Crippen LogP) is 2.53. The number of allylic oxidation sites excluding steroid dienone is 1. The molecule has 1 aromatic heterocycles. The molecule has 0 atom stereocenters. The fraction of sp³-hybridized carbons (Fsp3) is 0.125. The lowest BCUT2D eigenvalue weighted by Gasteiger charge is -2.04. The first-order valence-electron chi connectivity index (χ1n) is 6.28. The molecule has 0 aliphatic rings. The summed E-state index contributed by atoms with van der Waals surface area (Å²) in [6.45, 7) is 5.78. The molecule has 0 N–H and O–H groups in total. The Morgan fingerprint density at radius 1 is 1.24 bits per heavy atom. The summed E-state index contributed by atoms with van der Waals surface area (Å²) in [5.74, 6) is -0.352. The van der Waals surface area contributed by atoms with E-state index in [4.69, 9.17) is 10.00 Å². The standard InChI is InChI=1S/C16H13N3O2/c1-11(2)13-5-3-12(4-6-13)9-16(20)21-15-8-7-14(10-17)18-19-15/h3-8H,1,9H2,2H3. The van der Waals surface area contributed by atoms with Gasteiger partial charge >= 0.3 is 5.97 Å². The van der Waals surface area contributed by atoms with E-state index in [1.54, 1.807) is 0 Å². The third kappa shape index (κ3) is 3.98. The highest BCUT2D eigenvalue weighted by molar-refractivity contribution is 5.75. The van der Waals surface area contributed by atoms with Crippen molar-refractivity contribution in [2.24, 2.45) is 0 Å². The number of nitrogens with zero attached hydrogens (tertiary/aromatic N) is 3. The van der Waals surface area contributed by atoms with Crippen molar-refractivity contribution >= 4 is 11.5 Å². The molecule has 0 amide bonds. The first-order chi connectivity index (χ1) is 10.1. The number of carbonyl (C=O) groups is 1. The number of hydrogen-bond acceptors (Lipinski definition) is 5. The Hall–Kier alpha value is -3.00. The minimum absolute atomic E-state index is 0.0811. The van der Waals surface area contributed by atoms with Crippen LogP contribution in [0, 0.1) is 11.3 Å². The lowest BCUT2D eigenvalue weighted by molar-refractivity contribution is -0.133. The molecule has 0 saturated carbocycles. The van der Waals surface area contributed by atoms with E-state index in [0.717, 1.165) is 16.7 Å². The molecule has 0 aliphatic carbocycles. The van der Waals surface area contributed by atoms with Crippen LogP contribution >= 0.6 is 0 Å². The molecule has 0 unspecified atom stereocenters. The molecule has 5 heteroatoms. The smallest absolute Gasteiger partial charge is 0.317 e. The Kier molecular flexibility index (Phi) is 4.42. The third-order valence-corrected chi connectivity index (χ3v) is 2.77. The molecule has 0 saturated heterocycles. The van der Waals surface area contributed by atoms with Gasteiger partial charge in [-0.1, -0.05) is 36.4 Å². The number of hydrogen-bond donors (Lipinski definition) is 0. The molecule has 0 spiro atoms. The van der Waals surface area contributed by atoms with Crippen LogP contribution in [0.4, 0.5) is 0 Å². The summed E-state index contributed by atoms with van der Waals surface area (Å²) in [7, 11) is 0. The first-order valence-corrected chi connectivity index (χ1v) is 6.28. The molecule has 0 aliphatic heterocycles. The van der Waals surface area contributed by atoms with Gasteiger partial charge in [0, 0.05) is 6.07 Å². The number of ether oxygens (including phenoxy) is 1. The Morgan fingerprint density at radius 3 is 2.48 bits per heavy atom. The molecule has 2 rings (SSSR count). The zero-order valence-corrected chi connectivity index (χ0v) is 11.5. The van der Waals surface area contributed by atoms with Gasteiger partial charge in [-0.25, -0.2) is 0 Å². The second kappa shape index (κ2) is 6.44. The van der Waals surface area contributed by atoms with Gasteiger partial charge in [-0.05, 0) is 24.1 Å². The monoisotopic (exact) mass is 279 g/mol. The largest absolute Gasteiger partial charge is 0.406 e. The summed E-state index contributed by atoms with van der Waals surface area (Å²) in [5, 5.41) is 15.8. The Morgan fingerprint density at radius 2 is 1.95 bits per heavy atom. The van der Waals surface area contributed by atoms with Crippen LogP contribution < -0.4 is 4.74 Å². The SMILES string of the molecule is C=C(C)c1ccc(CC(=O)Oc2ccc(C#N)nn2)cc1. The maximum absolute atomic E-state index is 11.8. The van der Waals surface area contributed by atoms with E-state index in [0.29, 0.717) is 0 Å². The molecule has 5 nitrogen and oxygen atoms in total. The lowest BCUT2D eigenvalue weighted by atomic mass is 10.1. The van der Waals surface area contributed by atoms with E-state index in [-0.39, 0.29) is 18.0 Å². The highest BCUT2D eigenvalue weighted by atomic mass is 16.5. The fourth-order valence-electron chi connectivity index (χ4n) is 1.66. The van der Waals surface area contributed by atoms with Crippen LogP contribution in [0.3, 0.4) is 0 Å². The number of benzene rings is 1. The summed E-state index contributed by atoms with van der Waals surface area (Å²) >= 11 is 0. The average molecular weight is 279 g/mol. The number of aromatic nitrogens is 2. The Labute approximate surface area is 122 Å². The van der Waals surface area contributed by atoms with Crippen LogP contribution in [0.5, 0.6) is 5.88 Å². The van der Waals surface area contributed by atoms with E-state index < -0.39 is 5.97 Å². The van der Waals surface area contributed by atoms with Crippen LogP contribution in [0.1, 0.15) is 23.7 Å². The molecule has 21 heavy (non-hydrogen) atoms. The van der Waals surface area contributed by atoms with Crippen molar-refractivity contribution in [2.75, 3.05) is 0 Å². The molecule has 1 heterocycles. The normalized spacial score (nSPS) is 9.71. The molecule has 0 radical (unpaired) electrons. The molecule has 2 aromatic rings. The molecular weight excluding hydrogens is 266 g/mol. The number of esters is 1. The first kappa shape index (κ1) is 14.4. The van der Waals surface area contributed by atoms with Gasteiger partial charge in [-0.3, -0.25) is 4.79 Å². The topological polar surface area (TPSA) is 75.9 Å². The molecule has 0 bridgehead atoms. The van der Waals surface area contributed by atoms with Crippen LogP contribution in [0.15, 0.2) is 43.0 Å². The number of nitriles is 1. The van der Waals surface area contributed by atoms with Gasteiger partial charge in [-0.2, -0.15) is 5.26 Å². The second-order valence-electron chi connectivity index (χ2n) is 4.50. The van der Waals surface area contributed by atoms with Crippen molar-refractivity contribution in [2.45, 2.75) is 13.3 Å². The van der Waals surface area contributed by atoms with Crippen LogP contribution in [-0.4, -0.2) is 16.2 Å². The number of carbonyl (C=O) groups excluding carboxylic acids is 1. The minimum atomic E-state index is -0.433. The highest BCUT2D eigenvalue weighted by Crippen LogP contribution is 2.13. The summed E-state index contributed by atoms with van der Waals surface area (Å²) in [6, 6.07) is 12.3. The summed E-state index contributed by atoms with van der Waals surface area (Å²) in [4.78, 5) is 11.8. The molecule has 0 fully saturated rings. The zero-order valence-electron chi connectivity index (χ0n) is 11.5. The average Bonchev–Trinajstić information content (AvgIpc) is 2.48. The summed E-state index contributed by atoms with van der Waals surface area (Å²) < 4.78 is 5.06. The van der Waals surface area contributed by atoms with Crippen molar-refractivity contribution in [3.05, 3.63) is 59.8 Å². The van der Waals surface area contributed by atoms with Crippen molar-refractivity contribution in [3.63, 3.8) is 0 Å². The van der Waals surface area contributed by atoms with Crippen molar-refractivity contribution in [1.29, 1.82) is 5.26 Å². The molecule has 1 aromatic carbocycles. The quantitative estimate of drug-likeness (QED) is 0.804. The molecule has 104 valence electrons. The van der Waals surface area contributed by atoms with E-state index in [1.807, 2.05) is 37.3 Å². The third-order valence-electron chi connectivity index (χ3n) is 2.77. The maximum atomic E-state index is 11.8. The lowest BCUT2D eigenvalue weighted by Crippen LogP contribution is -2.12. The minimum Gasteiger partial charge on any atom is -0.406 e. The second-order valence-corrected chi connectivity index (χ2v) is 4.50. The van der Waals surface area contributed by atoms with Gasteiger partial charge in [-0.15, -0.1) is 10.2 Å². The van der Waals surface area contributed by atoms with Gasteiger partial charge in [0.2, 0.25) is 5.88 Å². The van der Waals surface area contributed by atoms with E-state index in [2.05, 4.69) is 16.8 Å². The van der Waals surface area contributed by atoms with Crippen molar-refractivity contribution < 1.29 is 9.53 Å². The zero-order chi connectivity index (χ0) is 15.2. The number of rotatable bonds is 4. The van der Waals surface area contributed by atoms with E-state index in [1.165, 1.54) is 12.1 Å². The van der Waals surface area contributed by atoms with Crippen molar-refractivity contribution in [1.82, 2.24) is 10.2 Å². The van der Waals surface area contributed by atoms with Gasteiger partial charge in [0.25, 0.3) is 0 Å². The van der Waals surface area contributed by atoms with Gasteiger partial charge in [0.15, 0.2) is 5.69 Å². The Balaban J connectivity index is 1.97. The van der Waals surface area contributed by atoms with Gasteiger partial charge in [0.1, 0.15) is 6.07 Å². The van der Waals surface area contributed by atoms with E-state index in [9.17, 15) is 4.79 Å². The van der Waals surface area contributed by atoms with E-state index >= 15 is 0 Å². The summed E-state index contributed by atoms with van der Waals surface area (Å²) in [6.07, 6.45) is 0.137. The van der Waals surface area contributed by atoms with Gasteiger partial charge in [0.05, 0.1) is 6.42 Å². The highest BCUT2D eigenvalue weighted by Gasteiger charge is 2.08. The molecular formula is C16H13N3O2. The van der Waals surface area contributed by atoms with Gasteiger partial charge < -0.3 is 4.74 Å². The predicted molar refractivity (Wildman–Crippen MR) is 77.2 cm³/mol. The van der Waals surface area contributed by atoms with Crippen LogP contribution in [0.25, 0.3) is 5.57 Å². The maximum Gasteiger partial charge on any atom is 0.317 e. The van der Waals surface area contributed by atoms with Crippen LogP contribution in [0.2, 0.25) is 0 Å². The fourth-order valence-corrected chi connectivity index (χ4v) is 1.66. The van der Waals surface area contributed by atoms with Crippen molar-refractivity contribution in [3.8, 4) is 11.9 Å².